The van der Waals surface area contributed by atoms with E-state index >= 15 is 0 Å². The molecule has 0 bridgehead atoms. The Labute approximate surface area is 133 Å². The van der Waals surface area contributed by atoms with Gasteiger partial charge in [0.15, 0.2) is 11.6 Å². The molecular weight excluding hydrogens is 311 g/mol. The van der Waals surface area contributed by atoms with Gasteiger partial charge in [0.2, 0.25) is 0 Å². The number of rotatable bonds is 4. The fourth-order valence-corrected chi connectivity index (χ4v) is 2.02. The first-order valence-corrected chi connectivity index (χ1v) is 6.97. The molecule has 1 aromatic heterocycles. The zero-order valence-corrected chi connectivity index (χ0v) is 13.6. The summed E-state index contributed by atoms with van der Waals surface area (Å²) in [6.45, 7) is 7.15. The quantitative estimate of drug-likeness (QED) is 0.827. The zero-order valence-electron chi connectivity index (χ0n) is 12.8. The summed E-state index contributed by atoms with van der Waals surface area (Å²) in [6.07, 6.45) is -1.06. The summed E-state index contributed by atoms with van der Waals surface area (Å²) in [4.78, 5) is 16.3. The second-order valence-corrected chi connectivity index (χ2v) is 6.24. The van der Waals surface area contributed by atoms with E-state index in [1.54, 1.807) is 33.8 Å². The predicted molar refractivity (Wildman–Crippen MR) is 81.5 cm³/mol. The van der Waals surface area contributed by atoms with Crippen molar-refractivity contribution in [3.63, 3.8) is 0 Å². The molecule has 0 aliphatic carbocycles. The lowest BCUT2D eigenvalue weighted by Gasteiger charge is -2.35. The number of amides is 1. The summed E-state index contributed by atoms with van der Waals surface area (Å²) in [6, 6.07) is 2.32. The van der Waals surface area contributed by atoms with Crippen molar-refractivity contribution in [3.05, 3.63) is 22.6 Å². The molecule has 1 aromatic rings. The van der Waals surface area contributed by atoms with E-state index < -0.39 is 23.5 Å². The lowest BCUT2D eigenvalue weighted by molar-refractivity contribution is 0.0983. The fourth-order valence-electron chi connectivity index (χ4n) is 1.84. The van der Waals surface area contributed by atoms with Crippen LogP contribution < -0.4 is 5.32 Å². The number of nitrogens with zero attached hydrogens (tertiary/aromatic N) is 3. The highest BCUT2D eigenvalue weighted by molar-refractivity contribution is 6.30. The summed E-state index contributed by atoms with van der Waals surface area (Å²) in [5, 5.41) is 20.7. The molecule has 0 saturated heterocycles. The smallest absolute Gasteiger partial charge is 0.407 e. The molecule has 0 aromatic carbocycles. The molecule has 0 spiro atoms. The summed E-state index contributed by atoms with van der Waals surface area (Å²) in [7, 11) is 0. The summed E-state index contributed by atoms with van der Waals surface area (Å²) >= 11 is 5.77. The third-order valence-electron chi connectivity index (χ3n) is 2.93. The SMILES string of the molecule is CC(CN(C(=O)O)C(C)(C)C)Nc1nc(Cl)c(C#N)cc1F. The van der Waals surface area contributed by atoms with Crippen molar-refractivity contribution < 1.29 is 14.3 Å². The average molecular weight is 329 g/mol. The van der Waals surface area contributed by atoms with Crippen LogP contribution in [0.4, 0.5) is 15.0 Å². The Morgan fingerprint density at radius 3 is 2.68 bits per heavy atom. The third kappa shape index (κ3) is 4.46. The molecule has 1 unspecified atom stereocenters. The van der Waals surface area contributed by atoms with Gasteiger partial charge in [-0.2, -0.15) is 5.26 Å². The van der Waals surface area contributed by atoms with Crippen LogP contribution in [0.3, 0.4) is 0 Å². The maximum atomic E-state index is 13.8. The number of halogens is 2. The van der Waals surface area contributed by atoms with E-state index in [2.05, 4.69) is 10.3 Å². The Morgan fingerprint density at radius 1 is 1.64 bits per heavy atom. The molecule has 0 saturated carbocycles. The second-order valence-electron chi connectivity index (χ2n) is 5.88. The Hall–Kier alpha value is -2.07. The van der Waals surface area contributed by atoms with E-state index in [-0.39, 0.29) is 23.1 Å². The van der Waals surface area contributed by atoms with Crippen LogP contribution >= 0.6 is 11.6 Å². The van der Waals surface area contributed by atoms with Crippen molar-refractivity contribution in [2.75, 3.05) is 11.9 Å². The van der Waals surface area contributed by atoms with Gasteiger partial charge < -0.3 is 15.3 Å². The zero-order chi connectivity index (χ0) is 17.1. The molecule has 0 aliphatic rings. The van der Waals surface area contributed by atoms with E-state index in [0.29, 0.717) is 0 Å². The molecule has 1 rings (SSSR count). The number of pyridine rings is 1. The number of carbonyl (C=O) groups is 1. The van der Waals surface area contributed by atoms with Gasteiger partial charge >= 0.3 is 6.09 Å². The van der Waals surface area contributed by atoms with Gasteiger partial charge in [-0.1, -0.05) is 11.6 Å². The van der Waals surface area contributed by atoms with Crippen LogP contribution in [0.1, 0.15) is 33.3 Å². The van der Waals surface area contributed by atoms with Crippen LogP contribution in [0.25, 0.3) is 0 Å². The molecule has 0 fully saturated rings. The molecule has 0 aliphatic heterocycles. The monoisotopic (exact) mass is 328 g/mol. The molecule has 1 amide bonds. The lowest BCUT2D eigenvalue weighted by Crippen LogP contribution is -2.49. The van der Waals surface area contributed by atoms with Crippen LogP contribution in [0.5, 0.6) is 0 Å². The van der Waals surface area contributed by atoms with Gasteiger partial charge in [0.25, 0.3) is 0 Å². The number of aromatic nitrogens is 1. The minimum absolute atomic E-state index is 0.0563. The molecule has 1 heterocycles. The first kappa shape index (κ1) is 18.0. The van der Waals surface area contributed by atoms with Crippen molar-refractivity contribution >= 4 is 23.5 Å². The minimum Gasteiger partial charge on any atom is -0.465 e. The largest absolute Gasteiger partial charge is 0.465 e. The van der Waals surface area contributed by atoms with Gasteiger partial charge in [-0.15, -0.1) is 0 Å². The Morgan fingerprint density at radius 2 is 2.23 bits per heavy atom. The van der Waals surface area contributed by atoms with Gasteiger partial charge in [0.05, 0.1) is 5.56 Å². The van der Waals surface area contributed by atoms with Crippen molar-refractivity contribution in [3.8, 4) is 6.07 Å². The normalized spacial score (nSPS) is 12.4. The van der Waals surface area contributed by atoms with Crippen LogP contribution in [0, 0.1) is 17.1 Å². The fraction of sp³-hybridized carbons (Fsp3) is 0.500. The first-order valence-electron chi connectivity index (χ1n) is 6.59. The second kappa shape index (κ2) is 6.79. The highest BCUT2D eigenvalue weighted by Crippen LogP contribution is 2.21. The highest BCUT2D eigenvalue weighted by atomic mass is 35.5. The van der Waals surface area contributed by atoms with Gasteiger partial charge in [-0.05, 0) is 33.8 Å². The van der Waals surface area contributed by atoms with Crippen LogP contribution in [0.2, 0.25) is 5.15 Å². The summed E-state index contributed by atoms with van der Waals surface area (Å²) < 4.78 is 13.8. The molecule has 0 radical (unpaired) electrons. The van der Waals surface area contributed by atoms with Gasteiger partial charge in [-0.3, -0.25) is 0 Å². The maximum Gasteiger partial charge on any atom is 0.407 e. The van der Waals surface area contributed by atoms with Crippen molar-refractivity contribution in [1.82, 2.24) is 9.88 Å². The predicted octanol–water partition coefficient (Wildman–Crippen LogP) is 3.32. The number of hydrogen-bond donors (Lipinski definition) is 2. The van der Waals surface area contributed by atoms with Crippen LogP contribution in [-0.2, 0) is 0 Å². The first-order chi connectivity index (χ1) is 10.1. The minimum atomic E-state index is -1.06. The number of nitrogens with one attached hydrogen (secondary N) is 1. The summed E-state index contributed by atoms with van der Waals surface area (Å²) in [5.41, 5.74) is -0.644. The molecule has 1 atom stereocenters. The van der Waals surface area contributed by atoms with Crippen LogP contribution in [-0.4, -0.2) is 39.2 Å². The topological polar surface area (TPSA) is 89.2 Å². The van der Waals surface area contributed by atoms with E-state index in [4.69, 9.17) is 16.9 Å². The Kier molecular flexibility index (Phi) is 5.55. The van der Waals surface area contributed by atoms with E-state index in [0.717, 1.165) is 6.07 Å². The van der Waals surface area contributed by atoms with Crippen molar-refractivity contribution in [1.29, 1.82) is 5.26 Å². The summed E-state index contributed by atoms with van der Waals surface area (Å²) in [5.74, 6) is -0.832. The molecular formula is C14H18ClFN4O2. The average Bonchev–Trinajstić information content (AvgIpc) is 2.38. The highest BCUT2D eigenvalue weighted by Gasteiger charge is 2.27. The third-order valence-corrected chi connectivity index (χ3v) is 3.22. The van der Waals surface area contributed by atoms with Crippen LogP contribution in [0.15, 0.2) is 6.07 Å². The van der Waals surface area contributed by atoms with E-state index in [9.17, 15) is 14.3 Å². The number of carboxylic acid groups (broad SMARTS) is 1. The van der Waals surface area contributed by atoms with E-state index in [1.807, 2.05) is 0 Å². The Bertz CT molecular complexity index is 610. The number of hydrogen-bond acceptors (Lipinski definition) is 4. The Balaban J connectivity index is 2.90. The van der Waals surface area contributed by atoms with Crippen molar-refractivity contribution in [2.45, 2.75) is 39.3 Å². The van der Waals surface area contributed by atoms with Gasteiger partial charge in [0.1, 0.15) is 11.2 Å². The molecule has 6 nitrogen and oxygen atoms in total. The standard InChI is InChI=1S/C14H18ClFN4O2/c1-8(7-20(13(21)22)14(2,3)4)18-12-10(16)5-9(6-17)11(15)19-12/h5,8H,7H2,1-4H3,(H,18,19)(H,21,22). The molecule has 22 heavy (non-hydrogen) atoms. The number of anilines is 1. The maximum absolute atomic E-state index is 13.8. The molecule has 120 valence electrons. The lowest BCUT2D eigenvalue weighted by atomic mass is 10.1. The van der Waals surface area contributed by atoms with Crippen molar-refractivity contribution in [2.24, 2.45) is 0 Å². The van der Waals surface area contributed by atoms with Gasteiger partial charge in [0, 0.05) is 18.1 Å². The molecule has 8 heteroatoms. The number of nitriles is 1. The van der Waals surface area contributed by atoms with E-state index in [1.165, 1.54) is 4.90 Å². The molecule has 2 N–H and O–H groups in total. The van der Waals surface area contributed by atoms with Gasteiger partial charge in [-0.25, -0.2) is 14.2 Å².